The molecule has 0 unspecified atom stereocenters. The van der Waals surface area contributed by atoms with Gasteiger partial charge in [-0.1, -0.05) is 26.7 Å². The van der Waals surface area contributed by atoms with Crippen LogP contribution in [0.4, 0.5) is 0 Å². The van der Waals surface area contributed by atoms with Crippen molar-refractivity contribution < 1.29 is 9.59 Å². The highest BCUT2D eigenvalue weighted by atomic mass is 16.2. The molecule has 20 heavy (non-hydrogen) atoms. The minimum absolute atomic E-state index is 0.0585. The Hall–Kier alpha value is -1.10. The number of rotatable bonds is 12. The van der Waals surface area contributed by atoms with E-state index in [9.17, 15) is 9.59 Å². The maximum atomic E-state index is 12.1. The van der Waals surface area contributed by atoms with E-state index in [1.54, 1.807) is 4.90 Å². The summed E-state index contributed by atoms with van der Waals surface area (Å²) in [5.41, 5.74) is 5.43. The molecule has 0 fully saturated rings. The molecule has 0 atom stereocenters. The number of nitrogens with one attached hydrogen (secondary N) is 1. The normalized spacial score (nSPS) is 10.3. The number of nitrogens with two attached hydrogens (primary N) is 1. The van der Waals surface area contributed by atoms with Gasteiger partial charge in [0, 0.05) is 19.5 Å². The number of nitrogens with zero attached hydrogens (tertiary/aromatic N) is 1. The van der Waals surface area contributed by atoms with E-state index in [1.165, 1.54) is 0 Å². The van der Waals surface area contributed by atoms with Crippen LogP contribution in [0.5, 0.6) is 0 Å². The van der Waals surface area contributed by atoms with Crippen LogP contribution in [0.15, 0.2) is 0 Å². The first-order valence-corrected chi connectivity index (χ1v) is 7.90. The molecule has 0 spiro atoms. The summed E-state index contributed by atoms with van der Waals surface area (Å²) in [5.74, 6) is 0.0306. The molecule has 0 bridgehead atoms. The van der Waals surface area contributed by atoms with Gasteiger partial charge in [-0.25, -0.2) is 0 Å². The van der Waals surface area contributed by atoms with Crippen molar-refractivity contribution in [3.63, 3.8) is 0 Å². The molecular formula is C15H31N3O2. The minimum atomic E-state index is -0.0585. The second-order valence-electron chi connectivity index (χ2n) is 5.12. The molecule has 0 radical (unpaired) electrons. The third-order valence-electron chi connectivity index (χ3n) is 3.10. The number of amides is 2. The van der Waals surface area contributed by atoms with E-state index in [2.05, 4.69) is 5.32 Å². The lowest BCUT2D eigenvalue weighted by molar-refractivity contribution is -0.136. The molecule has 0 rings (SSSR count). The van der Waals surface area contributed by atoms with Gasteiger partial charge in [0.05, 0.1) is 6.54 Å². The standard InChI is InChI=1S/C15H31N3O2/c1-3-11-17-14(19)13-18(12-4-2)15(20)9-7-5-6-8-10-16/h3-13,16H2,1-2H3,(H,17,19). The van der Waals surface area contributed by atoms with Crippen LogP contribution in [0.2, 0.25) is 0 Å². The molecule has 0 heterocycles. The monoisotopic (exact) mass is 285 g/mol. The van der Waals surface area contributed by atoms with Gasteiger partial charge in [0.2, 0.25) is 11.8 Å². The second kappa shape index (κ2) is 12.9. The third kappa shape index (κ3) is 9.78. The first-order valence-electron chi connectivity index (χ1n) is 7.90. The Kier molecular flexibility index (Phi) is 12.2. The van der Waals surface area contributed by atoms with Gasteiger partial charge >= 0.3 is 0 Å². The molecule has 0 aromatic carbocycles. The summed E-state index contributed by atoms with van der Waals surface area (Å²) in [6, 6.07) is 0. The number of unbranched alkanes of at least 4 members (excludes halogenated alkanes) is 3. The van der Waals surface area contributed by atoms with Crippen LogP contribution in [-0.2, 0) is 9.59 Å². The molecule has 0 aliphatic carbocycles. The van der Waals surface area contributed by atoms with E-state index < -0.39 is 0 Å². The Bertz CT molecular complexity index is 270. The van der Waals surface area contributed by atoms with E-state index in [1.807, 2.05) is 13.8 Å². The number of hydrogen-bond donors (Lipinski definition) is 2. The lowest BCUT2D eigenvalue weighted by atomic mass is 10.1. The quantitative estimate of drug-likeness (QED) is 0.535. The Morgan fingerprint density at radius 1 is 1.05 bits per heavy atom. The lowest BCUT2D eigenvalue weighted by Crippen LogP contribution is -2.41. The highest BCUT2D eigenvalue weighted by Gasteiger charge is 2.15. The predicted molar refractivity (Wildman–Crippen MR) is 82.3 cm³/mol. The SMILES string of the molecule is CCCNC(=O)CN(CCC)C(=O)CCCCCCN. The largest absolute Gasteiger partial charge is 0.355 e. The molecule has 0 saturated heterocycles. The van der Waals surface area contributed by atoms with Crippen molar-refractivity contribution in [2.45, 2.75) is 58.8 Å². The molecule has 5 heteroatoms. The highest BCUT2D eigenvalue weighted by Crippen LogP contribution is 2.05. The zero-order chi connectivity index (χ0) is 15.2. The van der Waals surface area contributed by atoms with Crippen molar-refractivity contribution in [3.8, 4) is 0 Å². The van der Waals surface area contributed by atoms with Crippen molar-refractivity contribution in [2.24, 2.45) is 5.73 Å². The fourth-order valence-electron chi connectivity index (χ4n) is 1.99. The Balaban J connectivity index is 4.02. The zero-order valence-electron chi connectivity index (χ0n) is 13.1. The number of carbonyl (C=O) groups excluding carboxylic acids is 2. The van der Waals surface area contributed by atoms with Gasteiger partial charge in [-0.15, -0.1) is 0 Å². The average Bonchev–Trinajstić information content (AvgIpc) is 2.44. The van der Waals surface area contributed by atoms with E-state index in [0.29, 0.717) is 26.1 Å². The summed E-state index contributed by atoms with van der Waals surface area (Å²) < 4.78 is 0. The van der Waals surface area contributed by atoms with E-state index in [4.69, 9.17) is 5.73 Å². The Labute approximate surface area is 123 Å². The first-order chi connectivity index (χ1) is 9.65. The van der Waals surface area contributed by atoms with Crippen LogP contribution in [0, 0.1) is 0 Å². The molecule has 5 nitrogen and oxygen atoms in total. The maximum absolute atomic E-state index is 12.1. The fraction of sp³-hybridized carbons (Fsp3) is 0.867. The van der Waals surface area contributed by atoms with Crippen LogP contribution in [0.1, 0.15) is 58.8 Å². The molecule has 118 valence electrons. The topological polar surface area (TPSA) is 75.4 Å². The Morgan fingerprint density at radius 3 is 2.35 bits per heavy atom. The van der Waals surface area contributed by atoms with Gasteiger partial charge < -0.3 is 16.0 Å². The third-order valence-corrected chi connectivity index (χ3v) is 3.10. The van der Waals surface area contributed by atoms with Crippen molar-refractivity contribution in [3.05, 3.63) is 0 Å². The molecule has 3 N–H and O–H groups in total. The van der Waals surface area contributed by atoms with E-state index in [0.717, 1.165) is 38.5 Å². The van der Waals surface area contributed by atoms with Gasteiger partial charge in [-0.2, -0.15) is 0 Å². The van der Waals surface area contributed by atoms with E-state index >= 15 is 0 Å². The number of carbonyl (C=O) groups is 2. The zero-order valence-corrected chi connectivity index (χ0v) is 13.1. The summed E-state index contributed by atoms with van der Waals surface area (Å²) in [6.45, 7) is 6.26. The fourth-order valence-corrected chi connectivity index (χ4v) is 1.99. The summed E-state index contributed by atoms with van der Waals surface area (Å²) in [6.07, 6.45) is 6.33. The lowest BCUT2D eigenvalue weighted by Gasteiger charge is -2.21. The van der Waals surface area contributed by atoms with Crippen LogP contribution < -0.4 is 11.1 Å². The smallest absolute Gasteiger partial charge is 0.239 e. The van der Waals surface area contributed by atoms with Crippen molar-refractivity contribution in [1.29, 1.82) is 0 Å². The van der Waals surface area contributed by atoms with Crippen LogP contribution in [0.3, 0.4) is 0 Å². The van der Waals surface area contributed by atoms with Crippen molar-refractivity contribution in [1.82, 2.24) is 10.2 Å². The maximum Gasteiger partial charge on any atom is 0.239 e. The molecule has 2 amide bonds. The first kappa shape index (κ1) is 18.9. The summed E-state index contributed by atoms with van der Waals surface area (Å²) in [5, 5.41) is 2.81. The number of hydrogen-bond acceptors (Lipinski definition) is 3. The van der Waals surface area contributed by atoms with Crippen molar-refractivity contribution >= 4 is 11.8 Å². The Morgan fingerprint density at radius 2 is 1.75 bits per heavy atom. The van der Waals surface area contributed by atoms with E-state index in [-0.39, 0.29) is 18.4 Å². The molecule has 0 aliphatic rings. The van der Waals surface area contributed by atoms with Gasteiger partial charge in [-0.3, -0.25) is 9.59 Å². The highest BCUT2D eigenvalue weighted by molar-refractivity contribution is 5.84. The van der Waals surface area contributed by atoms with Crippen LogP contribution in [-0.4, -0.2) is 42.9 Å². The summed E-state index contributed by atoms with van der Waals surface area (Å²) in [7, 11) is 0. The predicted octanol–water partition coefficient (Wildman–Crippen LogP) is 1.66. The molecular weight excluding hydrogens is 254 g/mol. The summed E-state index contributed by atoms with van der Waals surface area (Å²) >= 11 is 0. The van der Waals surface area contributed by atoms with Gasteiger partial charge in [0.15, 0.2) is 0 Å². The molecule has 0 aromatic heterocycles. The summed E-state index contributed by atoms with van der Waals surface area (Å²) in [4.78, 5) is 25.5. The molecule has 0 aliphatic heterocycles. The minimum Gasteiger partial charge on any atom is -0.355 e. The average molecular weight is 285 g/mol. The van der Waals surface area contributed by atoms with Crippen molar-refractivity contribution in [2.75, 3.05) is 26.2 Å². The molecule has 0 aromatic rings. The second-order valence-corrected chi connectivity index (χ2v) is 5.12. The van der Waals surface area contributed by atoms with Gasteiger partial charge in [-0.05, 0) is 32.2 Å². The molecule has 0 saturated carbocycles. The van der Waals surface area contributed by atoms with Gasteiger partial charge in [0.25, 0.3) is 0 Å². The van der Waals surface area contributed by atoms with Gasteiger partial charge in [0.1, 0.15) is 0 Å². The van der Waals surface area contributed by atoms with Crippen LogP contribution in [0.25, 0.3) is 0 Å². The van der Waals surface area contributed by atoms with Crippen LogP contribution >= 0.6 is 0 Å².